The molecule has 25 heavy (non-hydrogen) atoms. The molecule has 6 heteroatoms. The van der Waals surface area contributed by atoms with Gasteiger partial charge in [-0.05, 0) is 26.7 Å². The van der Waals surface area contributed by atoms with Crippen molar-refractivity contribution in [1.82, 2.24) is 10.4 Å². The number of carbonyl (C=O) groups is 2. The molecule has 1 N–H and O–H groups in total. The van der Waals surface area contributed by atoms with E-state index in [1.165, 1.54) is 24.3 Å². The normalized spacial score (nSPS) is 18.2. The summed E-state index contributed by atoms with van der Waals surface area (Å²) in [5.41, 5.74) is 2.48. The van der Waals surface area contributed by atoms with Crippen molar-refractivity contribution in [2.24, 2.45) is 5.92 Å². The van der Waals surface area contributed by atoms with Crippen molar-refractivity contribution in [2.75, 3.05) is 13.2 Å². The highest BCUT2D eigenvalue weighted by Gasteiger charge is 2.33. The summed E-state index contributed by atoms with van der Waals surface area (Å²) in [6.45, 7) is 6.07. The Morgan fingerprint density at radius 2 is 1.92 bits per heavy atom. The molecule has 0 saturated carbocycles. The number of carbonyl (C=O) groups excluding carboxylic acids is 2. The van der Waals surface area contributed by atoms with Crippen molar-refractivity contribution in [3.63, 3.8) is 0 Å². The minimum Gasteiger partial charge on any atom is -0.449 e. The third kappa shape index (κ3) is 7.51. The molecule has 0 bridgehead atoms. The first kappa shape index (κ1) is 20.9. The van der Waals surface area contributed by atoms with E-state index in [1.54, 1.807) is 13.8 Å². The van der Waals surface area contributed by atoms with E-state index < -0.39 is 12.2 Å². The van der Waals surface area contributed by atoms with E-state index in [2.05, 4.69) is 24.2 Å². The number of unbranched alkanes of at least 4 members (excludes halogenated alkanes) is 4. The summed E-state index contributed by atoms with van der Waals surface area (Å²) in [6, 6.07) is -0.286. The average Bonchev–Trinajstić information content (AvgIpc) is 3.04. The van der Waals surface area contributed by atoms with Gasteiger partial charge in [-0.1, -0.05) is 44.3 Å². The highest BCUT2D eigenvalue weighted by Crippen LogP contribution is 2.23. The van der Waals surface area contributed by atoms with Crippen LogP contribution in [-0.2, 0) is 9.47 Å². The average molecular weight is 350 g/mol. The van der Waals surface area contributed by atoms with Crippen molar-refractivity contribution in [3.05, 3.63) is 12.2 Å². The summed E-state index contributed by atoms with van der Waals surface area (Å²) in [7, 11) is 0. The van der Waals surface area contributed by atoms with Gasteiger partial charge in [0, 0.05) is 6.42 Å². The monoisotopic (exact) mass is 350 g/mol. The van der Waals surface area contributed by atoms with Crippen LogP contribution in [0.3, 0.4) is 0 Å². The number of hydrazine groups is 1. The molecule has 0 saturated heterocycles. The maximum Gasteiger partial charge on any atom is 0.429 e. The van der Waals surface area contributed by atoms with Crippen LogP contribution in [0.2, 0.25) is 0 Å². The Hall–Kier alpha value is -2.16. The van der Waals surface area contributed by atoms with Crippen molar-refractivity contribution < 1.29 is 19.1 Å². The standard InChI is InChI=1S/C19H30N2O4/c1-4-7-8-9-10-11-13-16-14-12-15-17(16)21(19(23)25-6-3)20-18(22)24-5-2/h12,14,16-17H,4-10,15H2,1-3H3,(H,20,22)/t16-,17-/m0/s1. The zero-order valence-corrected chi connectivity index (χ0v) is 15.5. The zero-order valence-electron chi connectivity index (χ0n) is 15.5. The van der Waals surface area contributed by atoms with Gasteiger partial charge in [-0.3, -0.25) is 0 Å². The molecule has 0 unspecified atom stereocenters. The van der Waals surface area contributed by atoms with Gasteiger partial charge in [0.15, 0.2) is 0 Å². The van der Waals surface area contributed by atoms with Crippen LogP contribution in [0.5, 0.6) is 0 Å². The van der Waals surface area contributed by atoms with E-state index in [9.17, 15) is 9.59 Å². The fraction of sp³-hybridized carbons (Fsp3) is 0.684. The molecule has 0 aromatic heterocycles. The van der Waals surface area contributed by atoms with E-state index in [0.717, 1.165) is 12.8 Å². The molecular weight excluding hydrogens is 320 g/mol. The second-order valence-corrected chi connectivity index (χ2v) is 5.79. The smallest absolute Gasteiger partial charge is 0.429 e. The number of amides is 2. The van der Waals surface area contributed by atoms with Crippen molar-refractivity contribution in [2.45, 2.75) is 65.3 Å². The second-order valence-electron chi connectivity index (χ2n) is 5.79. The number of ether oxygens (including phenoxy) is 2. The molecular formula is C19H30N2O4. The Morgan fingerprint density at radius 1 is 1.16 bits per heavy atom. The minimum atomic E-state index is -0.672. The Labute approximate surface area is 150 Å². The van der Waals surface area contributed by atoms with E-state index in [0.29, 0.717) is 6.42 Å². The van der Waals surface area contributed by atoms with Gasteiger partial charge in [0.1, 0.15) is 0 Å². The number of hydrogen-bond acceptors (Lipinski definition) is 4. The first-order valence-corrected chi connectivity index (χ1v) is 9.18. The van der Waals surface area contributed by atoms with Gasteiger partial charge in [-0.15, -0.1) is 5.92 Å². The first-order chi connectivity index (χ1) is 12.1. The molecule has 140 valence electrons. The van der Waals surface area contributed by atoms with E-state index in [4.69, 9.17) is 9.47 Å². The van der Waals surface area contributed by atoms with Crippen molar-refractivity contribution in [3.8, 4) is 11.8 Å². The van der Waals surface area contributed by atoms with Gasteiger partial charge in [0.05, 0.1) is 25.2 Å². The van der Waals surface area contributed by atoms with Crippen LogP contribution in [0, 0.1) is 17.8 Å². The largest absolute Gasteiger partial charge is 0.449 e. The molecule has 0 aromatic rings. The zero-order chi connectivity index (χ0) is 18.5. The molecule has 6 nitrogen and oxygen atoms in total. The third-order valence-electron chi connectivity index (χ3n) is 3.84. The highest BCUT2D eigenvalue weighted by molar-refractivity contribution is 5.74. The Bertz CT molecular complexity index is 507. The number of hydrogen-bond donors (Lipinski definition) is 1. The predicted molar refractivity (Wildman–Crippen MR) is 96.6 cm³/mol. The van der Waals surface area contributed by atoms with Gasteiger partial charge in [0.25, 0.3) is 0 Å². The molecule has 0 heterocycles. The van der Waals surface area contributed by atoms with E-state index >= 15 is 0 Å². The lowest BCUT2D eigenvalue weighted by Gasteiger charge is -2.29. The number of nitrogens with one attached hydrogen (secondary N) is 1. The molecule has 0 spiro atoms. The maximum atomic E-state index is 12.2. The molecule has 2 atom stereocenters. The van der Waals surface area contributed by atoms with Crippen LogP contribution in [0.4, 0.5) is 9.59 Å². The molecule has 0 aliphatic heterocycles. The number of nitrogens with zero attached hydrogens (tertiary/aromatic N) is 1. The molecule has 2 amide bonds. The molecule has 1 rings (SSSR count). The molecule has 1 aliphatic carbocycles. The first-order valence-electron chi connectivity index (χ1n) is 9.18. The van der Waals surface area contributed by atoms with Gasteiger partial charge >= 0.3 is 12.2 Å². The fourth-order valence-electron chi connectivity index (χ4n) is 2.60. The third-order valence-corrected chi connectivity index (χ3v) is 3.84. The summed E-state index contributed by atoms with van der Waals surface area (Å²) in [5.74, 6) is 6.28. The Kier molecular flexibility index (Phi) is 10.2. The Morgan fingerprint density at radius 3 is 2.60 bits per heavy atom. The van der Waals surface area contributed by atoms with Gasteiger partial charge < -0.3 is 9.47 Å². The van der Waals surface area contributed by atoms with Gasteiger partial charge in [-0.2, -0.15) is 0 Å². The lowest BCUT2D eigenvalue weighted by molar-refractivity contribution is 0.0527. The quantitative estimate of drug-likeness (QED) is 0.326. The van der Waals surface area contributed by atoms with Crippen molar-refractivity contribution >= 4 is 12.2 Å². The fourth-order valence-corrected chi connectivity index (χ4v) is 2.60. The summed E-state index contributed by atoms with van der Waals surface area (Å²) in [5, 5.41) is 1.21. The second kappa shape index (κ2) is 12.2. The van der Waals surface area contributed by atoms with Gasteiger partial charge in [0.2, 0.25) is 0 Å². The highest BCUT2D eigenvalue weighted by atomic mass is 16.6. The minimum absolute atomic E-state index is 0.127. The van der Waals surface area contributed by atoms with E-state index in [1.807, 2.05) is 12.2 Å². The SMILES string of the molecule is CCCCCCC#C[C@H]1C=CC[C@@H]1N(NC(=O)OCC)C(=O)OCC. The topological polar surface area (TPSA) is 67.9 Å². The van der Waals surface area contributed by atoms with Crippen molar-refractivity contribution in [1.29, 1.82) is 0 Å². The van der Waals surface area contributed by atoms with E-state index in [-0.39, 0.29) is 25.2 Å². The lowest BCUT2D eigenvalue weighted by atomic mass is 10.0. The van der Waals surface area contributed by atoms with Crippen LogP contribution < -0.4 is 5.43 Å². The molecule has 0 fully saturated rings. The lowest BCUT2D eigenvalue weighted by Crippen LogP contribution is -2.53. The van der Waals surface area contributed by atoms with Crippen LogP contribution in [0.15, 0.2) is 12.2 Å². The van der Waals surface area contributed by atoms with Crippen LogP contribution in [-0.4, -0.2) is 36.5 Å². The summed E-state index contributed by atoms with van der Waals surface area (Å²) < 4.78 is 9.93. The summed E-state index contributed by atoms with van der Waals surface area (Å²) in [6.07, 6.45) is 8.85. The Balaban J connectivity index is 2.70. The number of rotatable bonds is 7. The van der Waals surface area contributed by atoms with Crippen LogP contribution >= 0.6 is 0 Å². The molecule has 0 radical (unpaired) electrons. The van der Waals surface area contributed by atoms with Gasteiger partial charge in [-0.25, -0.2) is 20.0 Å². The molecule has 0 aromatic carbocycles. The van der Waals surface area contributed by atoms with Crippen LogP contribution in [0.25, 0.3) is 0 Å². The summed E-state index contributed by atoms with van der Waals surface area (Å²) >= 11 is 0. The predicted octanol–water partition coefficient (Wildman–Crippen LogP) is 4.02. The maximum absolute atomic E-state index is 12.2. The van der Waals surface area contributed by atoms with Crippen LogP contribution in [0.1, 0.15) is 59.3 Å². The molecule has 1 aliphatic rings. The summed E-state index contributed by atoms with van der Waals surface area (Å²) in [4.78, 5) is 24.0.